The zero-order chi connectivity index (χ0) is 12.1. The fraction of sp³-hybridized carbons (Fsp3) is 0.615. The zero-order valence-corrected chi connectivity index (χ0v) is 10.2. The second kappa shape index (κ2) is 3.67. The number of rotatable bonds is 2. The SMILES string of the molecule is O=c1cc(C2CCCC2)nc2nc(C3CC3)[nH]n12. The quantitative estimate of drug-likeness (QED) is 0.878. The van der Waals surface area contributed by atoms with Gasteiger partial charge in [0, 0.05) is 17.9 Å². The van der Waals surface area contributed by atoms with Crippen LogP contribution in [0.3, 0.4) is 0 Å². The fourth-order valence-corrected chi connectivity index (χ4v) is 2.88. The standard InChI is InChI=1S/C13H16N4O/c18-11-7-10(8-3-1-2-4-8)14-13-15-12(9-5-6-9)16-17(11)13/h7-9H,1-6H2,(H,14,15,16). The Balaban J connectivity index is 1.83. The lowest BCUT2D eigenvalue weighted by Gasteiger charge is -2.06. The highest BCUT2D eigenvalue weighted by Crippen LogP contribution is 2.38. The maximum atomic E-state index is 12.1. The van der Waals surface area contributed by atoms with Crippen molar-refractivity contribution < 1.29 is 0 Å². The molecule has 5 heteroatoms. The van der Waals surface area contributed by atoms with Crippen LogP contribution in [0, 0.1) is 0 Å². The van der Waals surface area contributed by atoms with Gasteiger partial charge in [-0.05, 0) is 25.7 Å². The average molecular weight is 244 g/mol. The van der Waals surface area contributed by atoms with E-state index in [1.807, 2.05) is 0 Å². The zero-order valence-electron chi connectivity index (χ0n) is 10.2. The maximum Gasteiger partial charge on any atom is 0.274 e. The highest BCUT2D eigenvalue weighted by molar-refractivity contribution is 5.30. The molecule has 2 fully saturated rings. The first-order valence-corrected chi connectivity index (χ1v) is 6.81. The number of hydrogen-bond acceptors (Lipinski definition) is 3. The van der Waals surface area contributed by atoms with E-state index >= 15 is 0 Å². The molecule has 0 saturated heterocycles. The summed E-state index contributed by atoms with van der Waals surface area (Å²) in [7, 11) is 0. The number of aromatic amines is 1. The van der Waals surface area contributed by atoms with Gasteiger partial charge < -0.3 is 0 Å². The van der Waals surface area contributed by atoms with Crippen molar-refractivity contribution in [2.75, 3.05) is 0 Å². The Morgan fingerprint density at radius 2 is 1.89 bits per heavy atom. The third-order valence-electron chi connectivity index (χ3n) is 4.11. The predicted molar refractivity (Wildman–Crippen MR) is 66.8 cm³/mol. The van der Waals surface area contributed by atoms with Crippen LogP contribution in [-0.4, -0.2) is 19.6 Å². The van der Waals surface area contributed by atoms with Gasteiger partial charge in [-0.25, -0.2) is 4.98 Å². The summed E-state index contributed by atoms with van der Waals surface area (Å²) in [4.78, 5) is 21.1. The molecule has 5 nitrogen and oxygen atoms in total. The Hall–Kier alpha value is -1.65. The summed E-state index contributed by atoms with van der Waals surface area (Å²) in [5.74, 6) is 2.44. The van der Waals surface area contributed by atoms with E-state index in [2.05, 4.69) is 15.1 Å². The van der Waals surface area contributed by atoms with Gasteiger partial charge in [-0.15, -0.1) is 0 Å². The lowest BCUT2D eigenvalue weighted by atomic mass is 10.0. The van der Waals surface area contributed by atoms with E-state index in [0.29, 0.717) is 17.6 Å². The Morgan fingerprint density at radius 1 is 1.11 bits per heavy atom. The molecule has 0 bridgehead atoms. The molecule has 1 N–H and O–H groups in total. The van der Waals surface area contributed by atoms with Gasteiger partial charge in [-0.1, -0.05) is 12.8 Å². The summed E-state index contributed by atoms with van der Waals surface area (Å²) in [5.41, 5.74) is 0.910. The first kappa shape index (κ1) is 10.3. The van der Waals surface area contributed by atoms with E-state index in [-0.39, 0.29) is 5.56 Å². The maximum absolute atomic E-state index is 12.1. The van der Waals surface area contributed by atoms with Crippen LogP contribution in [0.5, 0.6) is 0 Å². The minimum atomic E-state index is -0.0266. The van der Waals surface area contributed by atoms with E-state index in [9.17, 15) is 4.79 Å². The molecule has 0 amide bonds. The molecule has 2 saturated carbocycles. The molecule has 2 heterocycles. The molecular weight excluding hydrogens is 228 g/mol. The lowest BCUT2D eigenvalue weighted by molar-refractivity contribution is 0.690. The van der Waals surface area contributed by atoms with Gasteiger partial charge >= 0.3 is 0 Å². The van der Waals surface area contributed by atoms with Crippen LogP contribution in [0.1, 0.15) is 61.9 Å². The third kappa shape index (κ3) is 1.57. The molecule has 94 valence electrons. The van der Waals surface area contributed by atoms with Crippen LogP contribution in [0.15, 0.2) is 10.9 Å². The van der Waals surface area contributed by atoms with Crippen molar-refractivity contribution in [3.8, 4) is 0 Å². The smallest absolute Gasteiger partial charge is 0.274 e. The van der Waals surface area contributed by atoms with Crippen LogP contribution in [0.2, 0.25) is 0 Å². The van der Waals surface area contributed by atoms with E-state index < -0.39 is 0 Å². The minimum Gasteiger partial charge on any atom is -0.275 e. The van der Waals surface area contributed by atoms with Crippen molar-refractivity contribution >= 4 is 5.78 Å². The Labute approximate surface area is 104 Å². The molecule has 0 aromatic carbocycles. The van der Waals surface area contributed by atoms with Crippen molar-refractivity contribution in [1.29, 1.82) is 0 Å². The normalized spacial score (nSPS) is 20.9. The van der Waals surface area contributed by atoms with Crippen LogP contribution in [0.4, 0.5) is 0 Å². The van der Waals surface area contributed by atoms with Gasteiger partial charge in [-0.3, -0.25) is 9.89 Å². The molecular formula is C13H16N4O. The number of fused-ring (bicyclic) bond motifs is 1. The van der Waals surface area contributed by atoms with Gasteiger partial charge in [0.2, 0.25) is 0 Å². The lowest BCUT2D eigenvalue weighted by Crippen LogP contribution is -2.16. The van der Waals surface area contributed by atoms with Gasteiger partial charge in [0.1, 0.15) is 5.82 Å². The van der Waals surface area contributed by atoms with Gasteiger partial charge in [-0.2, -0.15) is 9.50 Å². The second-order valence-electron chi connectivity index (χ2n) is 5.52. The van der Waals surface area contributed by atoms with Gasteiger partial charge in [0.15, 0.2) is 0 Å². The summed E-state index contributed by atoms with van der Waals surface area (Å²) >= 11 is 0. The van der Waals surface area contributed by atoms with Gasteiger partial charge in [0.05, 0.1) is 5.69 Å². The summed E-state index contributed by atoms with van der Waals surface area (Å²) in [6.07, 6.45) is 7.15. The second-order valence-corrected chi connectivity index (χ2v) is 5.52. The number of nitrogens with one attached hydrogen (secondary N) is 1. The number of H-pyrrole nitrogens is 1. The molecule has 2 aromatic heterocycles. The highest BCUT2D eigenvalue weighted by Gasteiger charge is 2.28. The van der Waals surface area contributed by atoms with Crippen molar-refractivity contribution in [3.63, 3.8) is 0 Å². The van der Waals surface area contributed by atoms with Gasteiger partial charge in [0.25, 0.3) is 11.3 Å². The van der Waals surface area contributed by atoms with E-state index in [0.717, 1.165) is 24.4 Å². The van der Waals surface area contributed by atoms with Crippen molar-refractivity contribution in [2.45, 2.75) is 50.4 Å². The summed E-state index contributed by atoms with van der Waals surface area (Å²) in [6.45, 7) is 0. The highest BCUT2D eigenvalue weighted by atomic mass is 16.1. The van der Waals surface area contributed by atoms with E-state index in [4.69, 9.17) is 0 Å². The number of hydrogen-bond donors (Lipinski definition) is 1. The minimum absolute atomic E-state index is 0.0266. The first-order chi connectivity index (χ1) is 8.81. The molecule has 0 atom stereocenters. The Morgan fingerprint density at radius 3 is 2.61 bits per heavy atom. The molecule has 4 rings (SSSR count). The van der Waals surface area contributed by atoms with Crippen LogP contribution < -0.4 is 5.56 Å². The van der Waals surface area contributed by atoms with E-state index in [1.54, 1.807) is 6.07 Å². The van der Waals surface area contributed by atoms with E-state index in [1.165, 1.54) is 30.2 Å². The Kier molecular flexibility index (Phi) is 2.10. The average Bonchev–Trinajstić information content (AvgIpc) is 2.92. The van der Waals surface area contributed by atoms with Crippen LogP contribution >= 0.6 is 0 Å². The third-order valence-corrected chi connectivity index (χ3v) is 4.11. The number of nitrogens with zero attached hydrogens (tertiary/aromatic N) is 3. The topological polar surface area (TPSA) is 63.0 Å². The molecule has 0 radical (unpaired) electrons. The molecule has 2 aliphatic rings. The molecule has 2 aromatic rings. The van der Waals surface area contributed by atoms with Crippen LogP contribution in [-0.2, 0) is 0 Å². The largest absolute Gasteiger partial charge is 0.275 e. The first-order valence-electron chi connectivity index (χ1n) is 6.81. The predicted octanol–water partition coefficient (Wildman–Crippen LogP) is 1.95. The molecule has 2 aliphatic carbocycles. The summed E-state index contributed by atoms with van der Waals surface area (Å²) in [6, 6.07) is 1.68. The van der Waals surface area contributed by atoms with Crippen molar-refractivity contribution in [3.05, 3.63) is 27.9 Å². The van der Waals surface area contributed by atoms with Crippen molar-refractivity contribution in [1.82, 2.24) is 19.6 Å². The molecule has 0 unspecified atom stereocenters. The molecule has 0 aliphatic heterocycles. The fourth-order valence-electron chi connectivity index (χ4n) is 2.88. The monoisotopic (exact) mass is 244 g/mol. The Bertz CT molecular complexity index is 647. The summed E-state index contributed by atoms with van der Waals surface area (Å²) < 4.78 is 1.48. The number of aromatic nitrogens is 4. The van der Waals surface area contributed by atoms with Crippen LogP contribution in [0.25, 0.3) is 5.78 Å². The summed E-state index contributed by atoms with van der Waals surface area (Å²) in [5, 5.41) is 3.07. The molecule has 18 heavy (non-hydrogen) atoms. The molecule has 0 spiro atoms. The van der Waals surface area contributed by atoms with Crippen molar-refractivity contribution in [2.24, 2.45) is 0 Å².